The molecular formula is C13H17N3O. The van der Waals surface area contributed by atoms with Crippen LogP contribution in [0.2, 0.25) is 0 Å². The van der Waals surface area contributed by atoms with Gasteiger partial charge in [-0.05, 0) is 30.2 Å². The topological polar surface area (TPSA) is 71.2 Å². The first-order valence-corrected chi connectivity index (χ1v) is 5.70. The first kappa shape index (κ1) is 11.8. The van der Waals surface area contributed by atoms with E-state index >= 15 is 0 Å². The number of pyridine rings is 1. The summed E-state index contributed by atoms with van der Waals surface area (Å²) in [4.78, 5) is 4.27. The van der Waals surface area contributed by atoms with Gasteiger partial charge in [-0.15, -0.1) is 0 Å². The van der Waals surface area contributed by atoms with Crippen molar-refractivity contribution in [1.82, 2.24) is 10.3 Å². The lowest BCUT2D eigenvalue weighted by Crippen LogP contribution is -2.21. The van der Waals surface area contributed by atoms with Crippen molar-refractivity contribution in [3.05, 3.63) is 35.5 Å². The van der Waals surface area contributed by atoms with Crippen molar-refractivity contribution >= 4 is 10.9 Å². The Morgan fingerprint density at radius 1 is 1.41 bits per heavy atom. The number of aryl methyl sites for hydroxylation is 1. The van der Waals surface area contributed by atoms with Crippen LogP contribution in [0.4, 0.5) is 0 Å². The predicted molar refractivity (Wildman–Crippen MR) is 68.9 cm³/mol. The second kappa shape index (κ2) is 5.12. The molecule has 4 nitrogen and oxygen atoms in total. The molecule has 0 fully saturated rings. The summed E-state index contributed by atoms with van der Waals surface area (Å²) in [6, 6.07) is 5.65. The average Bonchev–Trinajstić information content (AvgIpc) is 2.32. The molecule has 0 radical (unpaired) electrons. The van der Waals surface area contributed by atoms with E-state index in [1.807, 2.05) is 19.1 Å². The molecule has 1 aromatic heterocycles. The summed E-state index contributed by atoms with van der Waals surface area (Å²) >= 11 is 0. The molecule has 0 atom stereocenters. The summed E-state index contributed by atoms with van der Waals surface area (Å²) in [6.07, 6.45) is 1.76. The van der Waals surface area contributed by atoms with Gasteiger partial charge in [-0.1, -0.05) is 6.07 Å². The van der Waals surface area contributed by atoms with Gasteiger partial charge in [0.15, 0.2) is 0 Å². The molecule has 0 saturated heterocycles. The van der Waals surface area contributed by atoms with E-state index in [0.717, 1.165) is 29.6 Å². The zero-order valence-electron chi connectivity index (χ0n) is 9.90. The Hall–Kier alpha value is -1.65. The lowest BCUT2D eigenvalue weighted by Gasteiger charge is -2.09. The third-order valence-corrected chi connectivity index (χ3v) is 2.69. The Bertz CT molecular complexity index is 525. The summed E-state index contributed by atoms with van der Waals surface area (Å²) in [7, 11) is 0. The zero-order chi connectivity index (χ0) is 12.3. The van der Waals surface area contributed by atoms with Gasteiger partial charge in [0.25, 0.3) is 0 Å². The third-order valence-electron chi connectivity index (χ3n) is 2.69. The first-order chi connectivity index (χ1) is 8.22. The number of phenols is 1. The number of nitrogens with one attached hydrogen (secondary N) is 1. The van der Waals surface area contributed by atoms with Crippen molar-refractivity contribution in [1.29, 1.82) is 0 Å². The fourth-order valence-corrected chi connectivity index (χ4v) is 1.85. The molecule has 0 amide bonds. The summed E-state index contributed by atoms with van der Waals surface area (Å²) in [5.74, 6) is 0.225. The summed E-state index contributed by atoms with van der Waals surface area (Å²) in [6.45, 7) is 4.13. The molecule has 4 heteroatoms. The molecule has 0 spiro atoms. The minimum Gasteiger partial charge on any atom is -0.506 e. The number of aromatic hydroxyl groups is 1. The Morgan fingerprint density at radius 2 is 2.24 bits per heavy atom. The standard InChI is InChI=1S/C13H17N3O/c1-9-6-11-10(8-15-5-4-14)2-3-12(17)13(11)16-7-9/h2-3,6-7,15,17H,4-5,8,14H2,1H3. The van der Waals surface area contributed by atoms with Crippen LogP contribution in [0.15, 0.2) is 24.4 Å². The van der Waals surface area contributed by atoms with Crippen LogP contribution in [0.5, 0.6) is 5.75 Å². The highest BCUT2D eigenvalue weighted by molar-refractivity contribution is 5.87. The van der Waals surface area contributed by atoms with Crippen molar-refractivity contribution < 1.29 is 5.11 Å². The second-order valence-corrected chi connectivity index (χ2v) is 4.12. The molecule has 2 rings (SSSR count). The van der Waals surface area contributed by atoms with Crippen LogP contribution in [0.3, 0.4) is 0 Å². The van der Waals surface area contributed by atoms with E-state index in [4.69, 9.17) is 5.73 Å². The van der Waals surface area contributed by atoms with Gasteiger partial charge in [-0.2, -0.15) is 0 Å². The number of nitrogens with zero attached hydrogens (tertiary/aromatic N) is 1. The van der Waals surface area contributed by atoms with E-state index in [9.17, 15) is 5.11 Å². The first-order valence-electron chi connectivity index (χ1n) is 5.70. The Morgan fingerprint density at radius 3 is 3.00 bits per heavy atom. The Balaban J connectivity index is 2.41. The SMILES string of the molecule is Cc1cnc2c(O)ccc(CNCCN)c2c1. The van der Waals surface area contributed by atoms with Crippen LogP contribution in [-0.2, 0) is 6.54 Å². The number of hydrogen-bond acceptors (Lipinski definition) is 4. The van der Waals surface area contributed by atoms with Crippen molar-refractivity contribution in [2.45, 2.75) is 13.5 Å². The monoisotopic (exact) mass is 231 g/mol. The van der Waals surface area contributed by atoms with Gasteiger partial charge in [0, 0.05) is 31.2 Å². The quantitative estimate of drug-likeness (QED) is 0.694. The number of benzene rings is 1. The second-order valence-electron chi connectivity index (χ2n) is 4.12. The predicted octanol–water partition coefficient (Wildman–Crippen LogP) is 1.30. The van der Waals surface area contributed by atoms with E-state index in [1.54, 1.807) is 12.3 Å². The Kier molecular flexibility index (Phi) is 3.56. The molecule has 90 valence electrons. The Labute approximate surface area is 100 Å². The van der Waals surface area contributed by atoms with Gasteiger partial charge < -0.3 is 16.2 Å². The normalized spacial score (nSPS) is 10.9. The van der Waals surface area contributed by atoms with Gasteiger partial charge in [-0.25, -0.2) is 0 Å². The summed E-state index contributed by atoms with van der Waals surface area (Å²) in [5.41, 5.74) is 8.31. The highest BCUT2D eigenvalue weighted by Gasteiger charge is 2.06. The third kappa shape index (κ3) is 2.54. The van der Waals surface area contributed by atoms with Crippen molar-refractivity contribution in [2.24, 2.45) is 5.73 Å². The number of rotatable bonds is 4. The molecule has 0 saturated carbocycles. The van der Waals surface area contributed by atoms with E-state index < -0.39 is 0 Å². The summed E-state index contributed by atoms with van der Waals surface area (Å²) < 4.78 is 0. The number of fused-ring (bicyclic) bond motifs is 1. The molecule has 0 aliphatic heterocycles. The zero-order valence-corrected chi connectivity index (χ0v) is 9.90. The fraction of sp³-hybridized carbons (Fsp3) is 0.308. The van der Waals surface area contributed by atoms with E-state index in [-0.39, 0.29) is 5.75 Å². The van der Waals surface area contributed by atoms with Crippen molar-refractivity contribution in [3.8, 4) is 5.75 Å². The molecule has 1 aromatic carbocycles. The smallest absolute Gasteiger partial charge is 0.141 e. The van der Waals surface area contributed by atoms with E-state index in [1.165, 1.54) is 0 Å². The van der Waals surface area contributed by atoms with E-state index in [0.29, 0.717) is 12.1 Å². The van der Waals surface area contributed by atoms with Gasteiger partial charge in [0.2, 0.25) is 0 Å². The van der Waals surface area contributed by atoms with Gasteiger partial charge in [-0.3, -0.25) is 4.98 Å². The average molecular weight is 231 g/mol. The van der Waals surface area contributed by atoms with Crippen molar-refractivity contribution in [2.75, 3.05) is 13.1 Å². The number of hydrogen-bond donors (Lipinski definition) is 3. The molecule has 0 aliphatic carbocycles. The maximum absolute atomic E-state index is 9.76. The highest BCUT2D eigenvalue weighted by atomic mass is 16.3. The molecule has 0 unspecified atom stereocenters. The lowest BCUT2D eigenvalue weighted by atomic mass is 10.1. The molecule has 4 N–H and O–H groups in total. The molecule has 2 aromatic rings. The van der Waals surface area contributed by atoms with Gasteiger partial charge in [0.05, 0.1) is 0 Å². The van der Waals surface area contributed by atoms with Gasteiger partial charge in [0.1, 0.15) is 11.3 Å². The molecular weight excluding hydrogens is 214 g/mol. The fourth-order valence-electron chi connectivity index (χ4n) is 1.85. The van der Waals surface area contributed by atoms with E-state index in [2.05, 4.69) is 10.3 Å². The maximum Gasteiger partial charge on any atom is 0.141 e. The molecule has 0 aliphatic rings. The van der Waals surface area contributed by atoms with Gasteiger partial charge >= 0.3 is 0 Å². The minimum absolute atomic E-state index is 0.225. The van der Waals surface area contributed by atoms with Crippen LogP contribution in [0.1, 0.15) is 11.1 Å². The van der Waals surface area contributed by atoms with Crippen LogP contribution in [0, 0.1) is 6.92 Å². The highest BCUT2D eigenvalue weighted by Crippen LogP contribution is 2.26. The largest absolute Gasteiger partial charge is 0.506 e. The molecule has 0 bridgehead atoms. The number of nitrogens with two attached hydrogens (primary N) is 1. The molecule has 1 heterocycles. The van der Waals surface area contributed by atoms with Crippen molar-refractivity contribution in [3.63, 3.8) is 0 Å². The van der Waals surface area contributed by atoms with Crippen LogP contribution in [-0.4, -0.2) is 23.2 Å². The minimum atomic E-state index is 0.225. The van der Waals surface area contributed by atoms with Crippen LogP contribution in [0.25, 0.3) is 10.9 Å². The summed E-state index contributed by atoms with van der Waals surface area (Å²) in [5, 5.41) is 14.0. The molecule has 17 heavy (non-hydrogen) atoms. The van der Waals surface area contributed by atoms with Crippen LogP contribution >= 0.6 is 0 Å². The maximum atomic E-state index is 9.76. The lowest BCUT2D eigenvalue weighted by molar-refractivity contribution is 0.480. The number of aromatic nitrogens is 1. The number of phenolic OH excluding ortho intramolecular Hbond substituents is 1. The van der Waals surface area contributed by atoms with Crippen LogP contribution < -0.4 is 11.1 Å².